The van der Waals surface area contributed by atoms with Crippen molar-refractivity contribution in [3.8, 4) is 0 Å². The molecule has 0 aliphatic heterocycles. The fourth-order valence-electron chi connectivity index (χ4n) is 0.932. The van der Waals surface area contributed by atoms with Crippen molar-refractivity contribution in [2.45, 2.75) is 20.0 Å². The molecule has 0 bridgehead atoms. The highest BCUT2D eigenvalue weighted by Crippen LogP contribution is 2.01. The van der Waals surface area contributed by atoms with Crippen LogP contribution >= 0.6 is 11.3 Å². The van der Waals surface area contributed by atoms with Gasteiger partial charge < -0.3 is 10.1 Å². The van der Waals surface area contributed by atoms with Crippen LogP contribution in [-0.2, 0) is 11.3 Å². The monoisotopic (exact) mass is 200 g/mol. The van der Waals surface area contributed by atoms with Gasteiger partial charge in [-0.05, 0) is 13.0 Å². The maximum Gasteiger partial charge on any atom is 0.0897 e. The third-order valence-electron chi connectivity index (χ3n) is 1.58. The van der Waals surface area contributed by atoms with Crippen LogP contribution in [0.2, 0.25) is 0 Å². The van der Waals surface area contributed by atoms with Crippen LogP contribution in [0.25, 0.3) is 0 Å². The van der Waals surface area contributed by atoms with E-state index in [2.05, 4.69) is 17.2 Å². The molecule has 1 rings (SSSR count). The highest BCUT2D eigenvalue weighted by Gasteiger charge is 1.93. The fraction of sp³-hybridized carbons (Fsp3) is 0.667. The number of rotatable bonds is 7. The molecule has 0 aromatic carbocycles. The molecule has 0 saturated carbocycles. The molecule has 0 saturated heterocycles. The van der Waals surface area contributed by atoms with E-state index in [1.165, 1.54) is 6.42 Å². The molecular weight excluding hydrogens is 184 g/mol. The van der Waals surface area contributed by atoms with Crippen LogP contribution in [0.1, 0.15) is 19.0 Å². The van der Waals surface area contributed by atoms with E-state index < -0.39 is 0 Å². The summed E-state index contributed by atoms with van der Waals surface area (Å²) in [6.07, 6.45) is 1.17. The average molecular weight is 200 g/mol. The third-order valence-corrected chi connectivity index (χ3v) is 2.22. The highest BCUT2D eigenvalue weighted by molar-refractivity contribution is 7.07. The van der Waals surface area contributed by atoms with Crippen LogP contribution in [0.5, 0.6) is 0 Å². The Morgan fingerprint density at radius 1 is 1.54 bits per heavy atom. The minimum absolute atomic E-state index is 0.636. The topological polar surface area (TPSA) is 34.1 Å². The van der Waals surface area contributed by atoms with Crippen LogP contribution < -0.4 is 5.32 Å². The van der Waals surface area contributed by atoms with E-state index in [1.54, 1.807) is 11.3 Å². The summed E-state index contributed by atoms with van der Waals surface area (Å²) in [7, 11) is 0. The quantitative estimate of drug-likeness (QED) is 0.680. The SMILES string of the molecule is CCCNCCOCc1cscn1. The summed E-state index contributed by atoms with van der Waals surface area (Å²) < 4.78 is 5.41. The van der Waals surface area contributed by atoms with Crippen LogP contribution in [0.3, 0.4) is 0 Å². The Kier molecular flexibility index (Phi) is 5.73. The van der Waals surface area contributed by atoms with Crippen LogP contribution in [0.15, 0.2) is 10.9 Å². The molecule has 0 amide bonds. The van der Waals surface area contributed by atoms with Crippen LogP contribution in [-0.4, -0.2) is 24.7 Å². The maximum absolute atomic E-state index is 5.41. The van der Waals surface area contributed by atoms with E-state index >= 15 is 0 Å². The number of nitrogens with one attached hydrogen (secondary N) is 1. The summed E-state index contributed by atoms with van der Waals surface area (Å²) in [6, 6.07) is 0. The molecule has 74 valence electrons. The van der Waals surface area contributed by atoms with Crippen molar-refractivity contribution in [3.63, 3.8) is 0 Å². The van der Waals surface area contributed by atoms with Gasteiger partial charge in [0.05, 0.1) is 24.4 Å². The first-order valence-electron chi connectivity index (χ1n) is 4.59. The number of aromatic nitrogens is 1. The molecule has 4 heteroatoms. The van der Waals surface area contributed by atoms with Gasteiger partial charge >= 0.3 is 0 Å². The van der Waals surface area contributed by atoms with Crippen molar-refractivity contribution in [1.29, 1.82) is 0 Å². The zero-order valence-electron chi connectivity index (χ0n) is 7.95. The minimum Gasteiger partial charge on any atom is -0.374 e. The summed E-state index contributed by atoms with van der Waals surface area (Å²) in [4.78, 5) is 4.12. The molecule has 0 spiro atoms. The second-order valence-corrected chi connectivity index (χ2v) is 3.50. The number of ether oxygens (including phenoxy) is 1. The average Bonchev–Trinajstić information content (AvgIpc) is 2.63. The normalized spacial score (nSPS) is 10.5. The lowest BCUT2D eigenvalue weighted by molar-refractivity contribution is 0.120. The number of thiazole rings is 1. The van der Waals surface area contributed by atoms with Gasteiger partial charge in [0.2, 0.25) is 0 Å². The van der Waals surface area contributed by atoms with Gasteiger partial charge in [-0.25, -0.2) is 4.98 Å². The van der Waals surface area contributed by atoms with Gasteiger partial charge in [-0.1, -0.05) is 6.92 Å². The molecule has 0 unspecified atom stereocenters. The molecule has 1 aromatic rings. The molecule has 1 N–H and O–H groups in total. The lowest BCUT2D eigenvalue weighted by Crippen LogP contribution is -2.20. The smallest absolute Gasteiger partial charge is 0.0897 e. The van der Waals surface area contributed by atoms with Crippen molar-refractivity contribution in [3.05, 3.63) is 16.6 Å². The molecule has 0 aliphatic rings. The van der Waals surface area contributed by atoms with Crippen molar-refractivity contribution < 1.29 is 4.74 Å². The first-order valence-corrected chi connectivity index (χ1v) is 5.53. The van der Waals surface area contributed by atoms with Crippen molar-refractivity contribution >= 4 is 11.3 Å². The first kappa shape index (κ1) is 10.6. The lowest BCUT2D eigenvalue weighted by atomic mass is 10.5. The van der Waals surface area contributed by atoms with Gasteiger partial charge in [-0.15, -0.1) is 11.3 Å². The van der Waals surface area contributed by atoms with Gasteiger partial charge in [0.15, 0.2) is 0 Å². The van der Waals surface area contributed by atoms with Crippen molar-refractivity contribution in [2.24, 2.45) is 0 Å². The number of hydrogen-bond donors (Lipinski definition) is 1. The Balaban J connectivity index is 1.90. The molecule has 0 atom stereocenters. The molecule has 0 aliphatic carbocycles. The van der Waals surface area contributed by atoms with Crippen LogP contribution in [0.4, 0.5) is 0 Å². The Hall–Kier alpha value is -0.450. The first-order chi connectivity index (χ1) is 6.43. The van der Waals surface area contributed by atoms with Gasteiger partial charge in [0.25, 0.3) is 0 Å². The molecule has 0 radical (unpaired) electrons. The van der Waals surface area contributed by atoms with E-state index in [-0.39, 0.29) is 0 Å². The van der Waals surface area contributed by atoms with Crippen molar-refractivity contribution in [1.82, 2.24) is 10.3 Å². The third kappa shape index (κ3) is 4.98. The molecule has 1 aromatic heterocycles. The maximum atomic E-state index is 5.41. The van der Waals surface area contributed by atoms with E-state index in [0.29, 0.717) is 6.61 Å². The Labute approximate surface area is 83.1 Å². The Bertz CT molecular complexity index is 201. The van der Waals surface area contributed by atoms with E-state index in [0.717, 1.165) is 25.4 Å². The summed E-state index contributed by atoms with van der Waals surface area (Å²) in [5, 5.41) is 5.29. The molecular formula is C9H16N2OS. The number of nitrogens with zero attached hydrogens (tertiary/aromatic N) is 1. The number of hydrogen-bond acceptors (Lipinski definition) is 4. The lowest BCUT2D eigenvalue weighted by Gasteiger charge is -2.03. The zero-order chi connectivity index (χ0) is 9.36. The van der Waals surface area contributed by atoms with E-state index in [4.69, 9.17) is 4.74 Å². The summed E-state index contributed by atoms with van der Waals surface area (Å²) in [5.74, 6) is 0. The standard InChI is InChI=1S/C9H16N2OS/c1-2-3-10-4-5-12-6-9-7-13-8-11-9/h7-8,10H,2-6H2,1H3. The zero-order valence-corrected chi connectivity index (χ0v) is 8.77. The molecule has 1 heterocycles. The van der Waals surface area contributed by atoms with Gasteiger partial charge in [-0.3, -0.25) is 0 Å². The van der Waals surface area contributed by atoms with Crippen LogP contribution in [0, 0.1) is 0 Å². The largest absolute Gasteiger partial charge is 0.374 e. The summed E-state index contributed by atoms with van der Waals surface area (Å²) in [5.41, 5.74) is 2.86. The van der Waals surface area contributed by atoms with Gasteiger partial charge in [0, 0.05) is 11.9 Å². The molecule has 3 nitrogen and oxygen atoms in total. The van der Waals surface area contributed by atoms with E-state index in [1.807, 2.05) is 10.9 Å². The second kappa shape index (κ2) is 7.00. The van der Waals surface area contributed by atoms with E-state index in [9.17, 15) is 0 Å². The predicted octanol–water partition coefficient (Wildman–Crippen LogP) is 1.66. The second-order valence-electron chi connectivity index (χ2n) is 2.78. The van der Waals surface area contributed by atoms with Gasteiger partial charge in [0.1, 0.15) is 0 Å². The molecule has 13 heavy (non-hydrogen) atoms. The Morgan fingerprint density at radius 3 is 3.15 bits per heavy atom. The minimum atomic E-state index is 0.636. The van der Waals surface area contributed by atoms with Gasteiger partial charge in [-0.2, -0.15) is 0 Å². The Morgan fingerprint density at radius 2 is 2.46 bits per heavy atom. The van der Waals surface area contributed by atoms with Crippen molar-refractivity contribution in [2.75, 3.05) is 19.7 Å². The predicted molar refractivity (Wildman–Crippen MR) is 54.9 cm³/mol. The summed E-state index contributed by atoms with van der Waals surface area (Å²) in [6.45, 7) is 5.55. The summed E-state index contributed by atoms with van der Waals surface area (Å²) >= 11 is 1.60. The molecule has 0 fully saturated rings. The fourth-order valence-corrected chi connectivity index (χ4v) is 1.47. The highest BCUT2D eigenvalue weighted by atomic mass is 32.1.